The molecule has 4 heterocycles. The number of anilines is 3. The summed E-state index contributed by atoms with van der Waals surface area (Å²) in [6.07, 6.45) is 3.49. The lowest BCUT2D eigenvalue weighted by Crippen LogP contribution is -2.24. The van der Waals surface area contributed by atoms with Crippen LogP contribution in [-0.2, 0) is 6.54 Å². The molecule has 2 aliphatic heterocycles. The highest BCUT2D eigenvalue weighted by atomic mass is 16.5. The Balaban J connectivity index is 1.38. The fourth-order valence-corrected chi connectivity index (χ4v) is 4.17. The summed E-state index contributed by atoms with van der Waals surface area (Å²) in [7, 11) is 3.77. The van der Waals surface area contributed by atoms with Gasteiger partial charge in [0.1, 0.15) is 11.6 Å². The smallest absolute Gasteiger partial charge is 0.220 e. The molecule has 0 aliphatic carbocycles. The number of aliphatic imine (C=N–C) groups is 1. The van der Waals surface area contributed by atoms with Crippen LogP contribution in [0, 0.1) is 0 Å². The number of fused-ring (bicyclic) bond motifs is 1. The number of hydrogen-bond acceptors (Lipinski definition) is 8. The standard InChI is InChI=1S/C25H28N6O2/c1-17-13-31(16-27-17)21-9-8-19(12-22(21)32-3)28-24-10-7-18-14-30(2)15-23(33-25(18)29-24)20-6-4-5-11-26-20/h4-12,16-17,23H,13-15H2,1-3H3,(H,28,29). The lowest BCUT2D eigenvalue weighted by molar-refractivity contribution is 0.156. The zero-order valence-corrected chi connectivity index (χ0v) is 19.1. The number of likely N-dealkylation sites (N-methyl/N-ethyl adjacent to an activating group) is 1. The Kier molecular flexibility index (Phi) is 5.83. The molecule has 8 nitrogen and oxygen atoms in total. The Morgan fingerprint density at radius 3 is 2.79 bits per heavy atom. The lowest BCUT2D eigenvalue weighted by atomic mass is 10.2. The van der Waals surface area contributed by atoms with Gasteiger partial charge in [0.2, 0.25) is 5.88 Å². The molecule has 0 spiro atoms. The first-order valence-electron chi connectivity index (χ1n) is 11.1. The molecule has 33 heavy (non-hydrogen) atoms. The molecular formula is C25H28N6O2. The van der Waals surface area contributed by atoms with Gasteiger partial charge in [-0.2, -0.15) is 4.98 Å². The van der Waals surface area contributed by atoms with E-state index in [-0.39, 0.29) is 12.1 Å². The number of nitrogens with one attached hydrogen (secondary N) is 1. The molecule has 5 rings (SSSR count). The second kappa shape index (κ2) is 9.07. The molecule has 170 valence electrons. The number of hydrogen-bond donors (Lipinski definition) is 1. The molecule has 1 N–H and O–H groups in total. The molecule has 2 aliphatic rings. The van der Waals surface area contributed by atoms with Crippen molar-refractivity contribution >= 4 is 23.5 Å². The molecule has 2 unspecified atom stereocenters. The van der Waals surface area contributed by atoms with E-state index in [9.17, 15) is 0 Å². The van der Waals surface area contributed by atoms with Gasteiger partial charge < -0.3 is 19.7 Å². The third kappa shape index (κ3) is 4.61. The van der Waals surface area contributed by atoms with E-state index in [4.69, 9.17) is 14.5 Å². The van der Waals surface area contributed by atoms with Gasteiger partial charge in [-0.1, -0.05) is 6.07 Å². The number of methoxy groups -OCH3 is 1. The van der Waals surface area contributed by atoms with E-state index in [1.165, 1.54) is 0 Å². The van der Waals surface area contributed by atoms with Gasteiger partial charge in [0.05, 0.1) is 30.9 Å². The highest BCUT2D eigenvalue weighted by Gasteiger charge is 2.25. The average molecular weight is 445 g/mol. The van der Waals surface area contributed by atoms with Crippen LogP contribution in [0.15, 0.2) is 59.7 Å². The molecule has 0 saturated carbocycles. The molecule has 0 fully saturated rings. The number of aromatic nitrogens is 2. The molecule has 1 aromatic carbocycles. The first-order valence-corrected chi connectivity index (χ1v) is 11.1. The number of nitrogens with zero attached hydrogens (tertiary/aromatic N) is 5. The van der Waals surface area contributed by atoms with E-state index < -0.39 is 0 Å². The Bertz CT molecular complexity index is 1150. The van der Waals surface area contributed by atoms with Crippen LogP contribution in [0.3, 0.4) is 0 Å². The molecule has 3 aromatic rings. The van der Waals surface area contributed by atoms with E-state index >= 15 is 0 Å². The lowest BCUT2D eigenvalue weighted by Gasteiger charge is -2.20. The van der Waals surface area contributed by atoms with Crippen LogP contribution in [0.5, 0.6) is 11.6 Å². The Morgan fingerprint density at radius 1 is 1.12 bits per heavy atom. The third-order valence-corrected chi connectivity index (χ3v) is 5.81. The predicted octanol–water partition coefficient (Wildman–Crippen LogP) is 4.03. The number of rotatable bonds is 5. The van der Waals surface area contributed by atoms with Gasteiger partial charge in [-0.15, -0.1) is 0 Å². The summed E-state index contributed by atoms with van der Waals surface area (Å²) in [6.45, 7) is 4.46. The van der Waals surface area contributed by atoms with Crippen LogP contribution >= 0.6 is 0 Å². The van der Waals surface area contributed by atoms with Crippen molar-refractivity contribution in [1.82, 2.24) is 14.9 Å². The fraction of sp³-hybridized carbons (Fsp3) is 0.320. The minimum atomic E-state index is -0.177. The minimum Gasteiger partial charge on any atom is -0.494 e. The Labute approximate surface area is 193 Å². The van der Waals surface area contributed by atoms with Gasteiger partial charge in [-0.3, -0.25) is 14.9 Å². The quantitative estimate of drug-likeness (QED) is 0.637. The van der Waals surface area contributed by atoms with E-state index in [0.29, 0.717) is 11.7 Å². The second-order valence-electron chi connectivity index (χ2n) is 8.50. The second-order valence-corrected chi connectivity index (χ2v) is 8.50. The van der Waals surface area contributed by atoms with Crippen LogP contribution in [0.2, 0.25) is 0 Å². The normalized spacial score (nSPS) is 20.2. The molecule has 2 aromatic heterocycles. The number of pyridine rings is 2. The van der Waals surface area contributed by atoms with E-state index in [0.717, 1.165) is 48.0 Å². The van der Waals surface area contributed by atoms with Gasteiger partial charge >= 0.3 is 0 Å². The maximum Gasteiger partial charge on any atom is 0.220 e. The summed E-state index contributed by atoms with van der Waals surface area (Å²) in [5.41, 5.74) is 3.84. The van der Waals surface area contributed by atoms with Crippen molar-refractivity contribution in [2.75, 3.05) is 37.5 Å². The molecule has 0 radical (unpaired) electrons. The van der Waals surface area contributed by atoms with Crippen molar-refractivity contribution in [1.29, 1.82) is 0 Å². The van der Waals surface area contributed by atoms with Crippen molar-refractivity contribution < 1.29 is 9.47 Å². The molecule has 0 bridgehead atoms. The van der Waals surface area contributed by atoms with Gasteiger partial charge in [-0.05, 0) is 50.4 Å². The van der Waals surface area contributed by atoms with Crippen LogP contribution in [0.4, 0.5) is 17.2 Å². The maximum atomic E-state index is 6.33. The maximum absolute atomic E-state index is 6.33. The first-order chi connectivity index (χ1) is 16.1. The van der Waals surface area contributed by atoms with Crippen molar-refractivity contribution in [3.8, 4) is 11.6 Å². The van der Waals surface area contributed by atoms with E-state index in [1.54, 1.807) is 13.3 Å². The predicted molar refractivity (Wildman–Crippen MR) is 130 cm³/mol. The number of benzene rings is 1. The highest BCUT2D eigenvalue weighted by molar-refractivity contribution is 5.85. The minimum absolute atomic E-state index is 0.177. The summed E-state index contributed by atoms with van der Waals surface area (Å²) in [5.74, 6) is 2.12. The van der Waals surface area contributed by atoms with Gasteiger partial charge in [0.25, 0.3) is 0 Å². The average Bonchev–Trinajstić information content (AvgIpc) is 3.18. The fourth-order valence-electron chi connectivity index (χ4n) is 4.17. The summed E-state index contributed by atoms with van der Waals surface area (Å²) < 4.78 is 12.0. The van der Waals surface area contributed by atoms with Crippen molar-refractivity contribution in [2.45, 2.75) is 25.6 Å². The van der Waals surface area contributed by atoms with E-state index in [2.05, 4.69) is 45.1 Å². The highest BCUT2D eigenvalue weighted by Crippen LogP contribution is 2.34. The van der Waals surface area contributed by atoms with Gasteiger partial charge in [0, 0.05) is 43.1 Å². The summed E-state index contributed by atoms with van der Waals surface area (Å²) >= 11 is 0. The zero-order valence-electron chi connectivity index (χ0n) is 19.1. The van der Waals surface area contributed by atoms with Gasteiger partial charge in [0.15, 0.2) is 6.10 Å². The zero-order chi connectivity index (χ0) is 22.8. The van der Waals surface area contributed by atoms with Crippen molar-refractivity contribution in [2.24, 2.45) is 4.99 Å². The van der Waals surface area contributed by atoms with Crippen molar-refractivity contribution in [3.05, 3.63) is 66.0 Å². The molecular weight excluding hydrogens is 416 g/mol. The Morgan fingerprint density at radius 2 is 2.03 bits per heavy atom. The van der Waals surface area contributed by atoms with Crippen LogP contribution in [0.1, 0.15) is 24.3 Å². The largest absolute Gasteiger partial charge is 0.494 e. The van der Waals surface area contributed by atoms with Crippen LogP contribution in [0.25, 0.3) is 0 Å². The van der Waals surface area contributed by atoms with Gasteiger partial charge in [-0.25, -0.2) is 0 Å². The topological polar surface area (TPSA) is 75.1 Å². The molecule has 2 atom stereocenters. The summed E-state index contributed by atoms with van der Waals surface area (Å²) in [6, 6.07) is 16.2. The van der Waals surface area contributed by atoms with Crippen molar-refractivity contribution in [3.63, 3.8) is 0 Å². The molecule has 0 saturated heterocycles. The SMILES string of the molecule is COc1cc(Nc2ccc3c(n2)OC(c2ccccn2)CN(C)C3)ccc1N1C=NC(C)C1. The van der Waals surface area contributed by atoms with Crippen LogP contribution in [-0.4, -0.2) is 54.5 Å². The summed E-state index contributed by atoms with van der Waals surface area (Å²) in [5, 5.41) is 3.39. The van der Waals surface area contributed by atoms with Crippen LogP contribution < -0.4 is 19.7 Å². The van der Waals surface area contributed by atoms with E-state index in [1.807, 2.05) is 48.8 Å². The Hall–Kier alpha value is -3.65. The summed E-state index contributed by atoms with van der Waals surface area (Å²) in [4.78, 5) is 18.0. The molecule has 0 amide bonds. The molecule has 8 heteroatoms. The third-order valence-electron chi connectivity index (χ3n) is 5.81. The first kappa shape index (κ1) is 21.2. The number of ether oxygens (including phenoxy) is 2. The monoisotopic (exact) mass is 444 g/mol.